The van der Waals surface area contributed by atoms with Gasteiger partial charge in [0, 0.05) is 130 Å². The zero-order valence-electron chi connectivity index (χ0n) is 81.9. The Kier molecular flexibility index (Phi) is 47.5. The van der Waals surface area contributed by atoms with Crippen molar-refractivity contribution in [3.05, 3.63) is 410 Å². The van der Waals surface area contributed by atoms with Crippen molar-refractivity contribution >= 4 is 53.0 Å². The largest absolute Gasteiger partial charge is 0.305 e. The maximum Gasteiger partial charge on any atom is 0.0799 e. The SMILES string of the molecule is CC(C)Cc1cc(-c2[c-]cccc2)ncc1[Si](C)(C)C.CC(C)c1cc(-c2[c-]cccc2)ncc1[Si](C)(C)C.CCc1cc(-c2[c-]cccc2)ncc1[Si](C)(C)C.C[Si](C)(C)c1cnc(-c2[c-]cccc2)cc1C1CCCC1.Cc1ccnc(-c2[c-]cccc2)c1.Cc1ccnc(-c2[c-]cccc2)c1.Cc1ccnc(-c2[c-]cccc2)c1.Cc1ccnc(-c2[c-]cccc2)c1.[Ir].[Ir].[Ir].[Ir]. The molecule has 1 fully saturated rings. The number of pyridine rings is 8. The minimum atomic E-state index is -1.34. The summed E-state index contributed by atoms with van der Waals surface area (Å²) in [6.07, 6.45) is 23.4. The van der Waals surface area contributed by atoms with Gasteiger partial charge in [-0.05, 0) is 162 Å². The molecule has 16 aromatic rings. The van der Waals surface area contributed by atoms with Gasteiger partial charge in [-0.1, -0.05) is 219 Å². The Balaban J connectivity index is 0.000000236. The summed E-state index contributed by atoms with van der Waals surface area (Å²) in [5.74, 6) is 1.95. The Hall–Kier alpha value is -9.58. The summed E-state index contributed by atoms with van der Waals surface area (Å²) in [4.78, 5) is 35.8. The molecule has 16 heteroatoms. The summed E-state index contributed by atoms with van der Waals surface area (Å²) in [6.45, 7) is 48.3. The monoisotopic (exact) mass is 2540 g/mol. The third kappa shape index (κ3) is 36.2. The Labute approximate surface area is 861 Å². The summed E-state index contributed by atoms with van der Waals surface area (Å²) >= 11 is 0. The van der Waals surface area contributed by atoms with E-state index in [0.29, 0.717) is 11.8 Å². The van der Waals surface area contributed by atoms with Crippen LogP contribution in [0, 0.1) is 82.1 Å². The van der Waals surface area contributed by atoms with Crippen LogP contribution in [0.2, 0.25) is 78.6 Å². The number of hydrogen-bond acceptors (Lipinski definition) is 8. The van der Waals surface area contributed by atoms with Gasteiger partial charge < -0.3 is 39.9 Å². The minimum absolute atomic E-state index is 0. The van der Waals surface area contributed by atoms with E-state index in [4.69, 9.17) is 4.98 Å². The van der Waals surface area contributed by atoms with Crippen LogP contribution in [0.25, 0.3) is 90.1 Å². The van der Waals surface area contributed by atoms with Crippen LogP contribution in [-0.4, -0.2) is 72.2 Å². The maximum absolute atomic E-state index is 4.75. The molecule has 17 rings (SSSR count). The molecule has 0 amide bonds. The van der Waals surface area contributed by atoms with Gasteiger partial charge in [0.05, 0.1) is 32.3 Å². The van der Waals surface area contributed by atoms with E-state index in [1.54, 1.807) is 10.8 Å². The van der Waals surface area contributed by atoms with Crippen LogP contribution in [0.1, 0.15) is 117 Å². The van der Waals surface area contributed by atoms with E-state index in [0.717, 1.165) is 109 Å². The predicted molar refractivity (Wildman–Crippen MR) is 562 cm³/mol. The second-order valence-electron chi connectivity index (χ2n) is 37.9. The van der Waals surface area contributed by atoms with E-state index in [1.807, 2.05) is 213 Å². The summed E-state index contributed by atoms with van der Waals surface area (Å²) < 4.78 is 0. The molecule has 0 spiro atoms. The molecule has 8 aromatic carbocycles. The van der Waals surface area contributed by atoms with E-state index < -0.39 is 32.3 Å². The smallest absolute Gasteiger partial charge is 0.0799 e. The van der Waals surface area contributed by atoms with Gasteiger partial charge in [-0.15, -0.1) is 287 Å². The number of hydrogen-bond donors (Lipinski definition) is 0. The van der Waals surface area contributed by atoms with Crippen LogP contribution >= 0.6 is 0 Å². The number of aromatic nitrogens is 8. The summed E-state index contributed by atoms with van der Waals surface area (Å²) in [6, 6.07) is 115. The van der Waals surface area contributed by atoms with Gasteiger partial charge in [-0.25, -0.2) is 0 Å². The number of benzene rings is 8. The van der Waals surface area contributed by atoms with Crippen LogP contribution in [0.3, 0.4) is 0 Å². The fourth-order valence-corrected chi connectivity index (χ4v) is 21.8. The van der Waals surface area contributed by atoms with Crippen molar-refractivity contribution in [2.75, 3.05) is 0 Å². The molecule has 1 aliphatic carbocycles. The first-order valence-electron chi connectivity index (χ1n) is 45.8. The van der Waals surface area contributed by atoms with Crippen LogP contribution in [0.5, 0.6) is 0 Å². The minimum Gasteiger partial charge on any atom is -0.305 e. The van der Waals surface area contributed by atoms with Crippen molar-refractivity contribution < 1.29 is 80.4 Å². The Bertz CT molecular complexity index is 5770. The molecule has 0 N–H and O–H groups in total. The fourth-order valence-electron chi connectivity index (χ4n) is 15.2. The van der Waals surface area contributed by atoms with Gasteiger partial charge in [0.25, 0.3) is 0 Å². The average Bonchev–Trinajstić information content (AvgIpc) is 1.41. The number of nitrogens with zero attached hydrogens (tertiary/aromatic N) is 8. The van der Waals surface area contributed by atoms with Crippen molar-refractivity contribution in [1.82, 2.24) is 39.9 Å². The van der Waals surface area contributed by atoms with E-state index in [-0.39, 0.29) is 80.4 Å². The fraction of sp³-hybridized carbons (Fsp3) is 0.254. The normalized spacial score (nSPS) is 11.4. The molecular formula is C118H130Ir4N8Si4-8. The van der Waals surface area contributed by atoms with E-state index in [1.165, 1.54) is 80.2 Å². The predicted octanol–water partition coefficient (Wildman–Crippen LogP) is 28.3. The number of rotatable bonds is 17. The first-order chi connectivity index (χ1) is 62.3. The molecule has 8 aromatic heterocycles. The summed E-state index contributed by atoms with van der Waals surface area (Å²) in [5, 5.41) is 5.99. The Morgan fingerprint density at radius 1 is 0.284 bits per heavy atom. The van der Waals surface area contributed by atoms with Crippen molar-refractivity contribution in [2.24, 2.45) is 5.92 Å². The molecule has 0 saturated heterocycles. The van der Waals surface area contributed by atoms with Gasteiger partial charge in [0.1, 0.15) is 0 Å². The van der Waals surface area contributed by atoms with Gasteiger partial charge >= 0.3 is 0 Å². The van der Waals surface area contributed by atoms with Crippen molar-refractivity contribution in [1.29, 1.82) is 0 Å². The van der Waals surface area contributed by atoms with Gasteiger partial charge in [-0.3, -0.25) is 0 Å². The zero-order valence-corrected chi connectivity index (χ0v) is 95.5. The van der Waals surface area contributed by atoms with E-state index in [2.05, 4.69) is 328 Å². The van der Waals surface area contributed by atoms with Gasteiger partial charge in [0.2, 0.25) is 0 Å². The maximum atomic E-state index is 4.75. The third-order valence-electron chi connectivity index (χ3n) is 22.1. The molecule has 702 valence electrons. The van der Waals surface area contributed by atoms with Crippen molar-refractivity contribution in [2.45, 2.75) is 191 Å². The average molecular weight is 2540 g/mol. The molecule has 4 radical (unpaired) electrons. The number of aryl methyl sites for hydroxylation is 5. The van der Waals surface area contributed by atoms with Crippen molar-refractivity contribution in [3.63, 3.8) is 0 Å². The van der Waals surface area contributed by atoms with Crippen LogP contribution in [0.4, 0.5) is 0 Å². The quantitative estimate of drug-likeness (QED) is 0.0656. The second-order valence-corrected chi connectivity index (χ2v) is 58.1. The molecule has 0 unspecified atom stereocenters. The molecule has 0 bridgehead atoms. The van der Waals surface area contributed by atoms with Crippen LogP contribution in [-0.2, 0) is 93.3 Å². The Morgan fingerprint density at radius 2 is 0.522 bits per heavy atom. The second kappa shape index (κ2) is 56.2. The summed E-state index contributed by atoms with van der Waals surface area (Å²) in [7, 11) is -5.32. The molecule has 134 heavy (non-hydrogen) atoms. The van der Waals surface area contributed by atoms with Gasteiger partial charge in [-0.2, -0.15) is 0 Å². The van der Waals surface area contributed by atoms with E-state index in [9.17, 15) is 0 Å². The van der Waals surface area contributed by atoms with Crippen LogP contribution in [0.15, 0.2) is 316 Å². The standard InChI is InChI=1S/C19H24NSi.C18H24NSi.C17H22NSi.C16H20NSi.4C12H10N.4Ir/c1-21(2,3)19-14-20-18(16-11-5-4-6-12-16)13-17(19)15-9-7-8-10-15;1-14(2)11-16-12-17(15-9-7-6-8-10-15)19-13-18(16)20(3,4)5;1-13(2)15-11-16(14-9-7-6-8-10-14)18-12-17(15)19(3,4)5;1-5-13-11-15(14-9-7-6-8-10-14)17-12-16(13)18(2,3)4;4*1-10-7-8-13-12(9-10)11-5-3-2-4-6-11;;;;/h4-6,11,13-15H,7-10H2,1-3H3;6-9,12-14H,11H2,1-5H3;6-9,11-13H,1-5H3;6-9,11-12H,5H2,1-4H3;4*2-5,7-9H,1H3;;;;/q8*-1;;;;. The summed E-state index contributed by atoms with van der Waals surface area (Å²) in [5.41, 5.74) is 27.5. The van der Waals surface area contributed by atoms with Crippen LogP contribution < -0.4 is 20.7 Å². The third-order valence-corrected chi connectivity index (χ3v) is 30.3. The topological polar surface area (TPSA) is 103 Å². The molecule has 0 atom stereocenters. The van der Waals surface area contributed by atoms with Gasteiger partial charge in [0.15, 0.2) is 0 Å². The molecule has 1 saturated carbocycles. The van der Waals surface area contributed by atoms with E-state index >= 15 is 0 Å². The Morgan fingerprint density at radius 3 is 0.761 bits per heavy atom. The first kappa shape index (κ1) is 113. The molecular weight excluding hydrogens is 2410 g/mol. The first-order valence-corrected chi connectivity index (χ1v) is 59.8. The zero-order chi connectivity index (χ0) is 93.2. The molecule has 0 aliphatic heterocycles. The molecule has 8 heterocycles. The molecule has 8 nitrogen and oxygen atoms in total. The molecule has 1 aliphatic rings. The van der Waals surface area contributed by atoms with Crippen molar-refractivity contribution in [3.8, 4) is 90.1 Å².